The van der Waals surface area contributed by atoms with Gasteiger partial charge in [0.2, 0.25) is 0 Å². The Labute approximate surface area is 207 Å². The van der Waals surface area contributed by atoms with E-state index in [2.05, 4.69) is 28.3 Å². The van der Waals surface area contributed by atoms with Crippen molar-refractivity contribution >= 4 is 17.3 Å². The number of hydrogen-bond acceptors (Lipinski definition) is 7. The standard InChI is InChI=1S/C28H26N4O4/c1-15-23(16(2)36-32-15)19-12-20-25-21(31-27(20)29-14-19)13-22(28(33)34)30-26(25)24(17-6-4-3-5-7-17)18-8-10-35-11-9-18/h3-7,12-14,18,24,26H,8-11H2,1-2H3,(H,33,34). The lowest BCUT2D eigenvalue weighted by atomic mass is 9.73. The first-order chi connectivity index (χ1) is 17.5. The Kier molecular flexibility index (Phi) is 5.60. The van der Waals surface area contributed by atoms with Crippen LogP contribution >= 0.6 is 0 Å². The van der Waals surface area contributed by atoms with Crippen molar-refractivity contribution < 1.29 is 19.2 Å². The van der Waals surface area contributed by atoms with E-state index < -0.39 is 12.0 Å². The fourth-order valence-electron chi connectivity index (χ4n) is 5.73. The number of aryl methyl sites for hydroxylation is 2. The molecule has 0 radical (unpaired) electrons. The first-order valence-corrected chi connectivity index (χ1v) is 12.2. The Balaban J connectivity index is 1.59. The van der Waals surface area contributed by atoms with Gasteiger partial charge in [-0.25, -0.2) is 14.8 Å². The third-order valence-electron chi connectivity index (χ3n) is 7.35. The van der Waals surface area contributed by atoms with Crippen LogP contribution in [0.4, 0.5) is 0 Å². The maximum atomic E-state index is 12.1. The van der Waals surface area contributed by atoms with Gasteiger partial charge in [-0.2, -0.15) is 0 Å². The van der Waals surface area contributed by atoms with Crippen molar-refractivity contribution in [3.8, 4) is 11.1 Å². The molecule has 6 rings (SSSR count). The van der Waals surface area contributed by atoms with E-state index in [-0.39, 0.29) is 11.6 Å². The van der Waals surface area contributed by atoms with E-state index in [1.165, 1.54) is 0 Å². The van der Waals surface area contributed by atoms with E-state index in [1.54, 1.807) is 12.3 Å². The molecule has 2 aromatic heterocycles. The average molecular weight is 483 g/mol. The van der Waals surface area contributed by atoms with Crippen molar-refractivity contribution in [1.82, 2.24) is 10.1 Å². The minimum absolute atomic E-state index is 0.0213. The molecule has 0 saturated carbocycles. The molecule has 2 atom stereocenters. The number of aromatic nitrogens is 2. The van der Waals surface area contributed by atoms with Crippen LogP contribution in [0.3, 0.4) is 0 Å². The summed E-state index contributed by atoms with van der Waals surface area (Å²) in [5.74, 6) is -0.0619. The zero-order valence-corrected chi connectivity index (χ0v) is 20.1. The lowest BCUT2D eigenvalue weighted by molar-refractivity contribution is -0.129. The third kappa shape index (κ3) is 3.78. The fourth-order valence-corrected chi connectivity index (χ4v) is 5.73. The molecule has 0 aliphatic carbocycles. The lowest BCUT2D eigenvalue weighted by Crippen LogP contribution is -2.37. The quantitative estimate of drug-likeness (QED) is 0.598. The molecule has 3 aromatic rings. The summed E-state index contributed by atoms with van der Waals surface area (Å²) in [4.78, 5) is 26.4. The maximum Gasteiger partial charge on any atom is 0.354 e. The highest BCUT2D eigenvalue weighted by molar-refractivity contribution is 6.41. The molecule has 2 unspecified atom stereocenters. The summed E-state index contributed by atoms with van der Waals surface area (Å²) < 4.78 is 11.1. The molecular formula is C28H26N4O4. The molecule has 1 fully saturated rings. The average Bonchev–Trinajstić information content (AvgIpc) is 3.43. The van der Waals surface area contributed by atoms with Crippen LogP contribution in [-0.2, 0) is 9.53 Å². The van der Waals surface area contributed by atoms with Gasteiger partial charge in [0.25, 0.3) is 0 Å². The Morgan fingerprint density at radius 1 is 1.14 bits per heavy atom. The van der Waals surface area contributed by atoms with Gasteiger partial charge in [0.1, 0.15) is 11.5 Å². The van der Waals surface area contributed by atoms with Crippen LogP contribution in [0.15, 0.2) is 68.9 Å². The van der Waals surface area contributed by atoms with E-state index in [4.69, 9.17) is 19.2 Å². The molecule has 36 heavy (non-hydrogen) atoms. The molecule has 8 nitrogen and oxygen atoms in total. The molecular weight excluding hydrogens is 456 g/mol. The smallest absolute Gasteiger partial charge is 0.354 e. The summed E-state index contributed by atoms with van der Waals surface area (Å²) >= 11 is 0. The van der Waals surface area contributed by atoms with Crippen molar-refractivity contribution in [1.29, 1.82) is 0 Å². The van der Waals surface area contributed by atoms with Crippen LogP contribution in [0.5, 0.6) is 0 Å². The minimum Gasteiger partial charge on any atom is -0.477 e. The molecule has 8 heteroatoms. The number of ether oxygens (including phenoxy) is 1. The molecule has 3 aliphatic rings. The van der Waals surface area contributed by atoms with E-state index in [9.17, 15) is 9.90 Å². The van der Waals surface area contributed by atoms with Crippen LogP contribution in [0, 0.1) is 19.8 Å². The SMILES string of the molecule is Cc1noc(C)c1-c1cnc2c(c1)=C1C(=CC(C(=O)O)=NC1C(c1ccccc1)C1CCOCC1)N=2. The molecule has 1 aromatic carbocycles. The summed E-state index contributed by atoms with van der Waals surface area (Å²) in [6.07, 6.45) is 5.12. The van der Waals surface area contributed by atoms with E-state index >= 15 is 0 Å². The maximum absolute atomic E-state index is 12.1. The number of hydrogen-bond donors (Lipinski definition) is 1. The van der Waals surface area contributed by atoms with Gasteiger partial charge in [0, 0.05) is 47.2 Å². The van der Waals surface area contributed by atoms with Gasteiger partial charge in [-0.3, -0.25) is 4.99 Å². The van der Waals surface area contributed by atoms with Gasteiger partial charge >= 0.3 is 5.97 Å². The number of carboxylic acid groups (broad SMARTS) is 1. The van der Waals surface area contributed by atoms with Crippen molar-refractivity contribution in [2.75, 3.05) is 13.2 Å². The number of dihydropyridines is 1. The molecule has 1 N–H and O–H groups in total. The molecule has 1 saturated heterocycles. The summed E-state index contributed by atoms with van der Waals surface area (Å²) in [6.45, 7) is 5.17. The highest BCUT2D eigenvalue weighted by atomic mass is 16.5. The van der Waals surface area contributed by atoms with Gasteiger partial charge < -0.3 is 14.4 Å². The number of fused-ring (bicyclic) bond motifs is 2. The molecule has 0 bridgehead atoms. The van der Waals surface area contributed by atoms with Gasteiger partial charge in [0.15, 0.2) is 5.49 Å². The zero-order chi connectivity index (χ0) is 24.8. The fraction of sp³-hybridized carbons (Fsp3) is 0.321. The van der Waals surface area contributed by atoms with Crippen LogP contribution in [-0.4, -0.2) is 46.2 Å². The number of benzene rings is 1. The Hall–Kier alpha value is -3.91. The Bertz CT molecular complexity index is 1510. The predicted octanol–water partition coefficient (Wildman–Crippen LogP) is 3.14. The summed E-state index contributed by atoms with van der Waals surface area (Å²) in [5, 5.41) is 14.9. The van der Waals surface area contributed by atoms with Crippen LogP contribution in [0.1, 0.15) is 35.8 Å². The van der Waals surface area contributed by atoms with Gasteiger partial charge in [-0.15, -0.1) is 0 Å². The number of carbonyl (C=O) groups is 1. The highest BCUT2D eigenvalue weighted by Crippen LogP contribution is 2.42. The van der Waals surface area contributed by atoms with Crippen LogP contribution in [0.25, 0.3) is 16.7 Å². The number of nitrogens with zero attached hydrogens (tertiary/aromatic N) is 4. The molecule has 0 spiro atoms. The predicted molar refractivity (Wildman–Crippen MR) is 133 cm³/mol. The molecule has 5 heterocycles. The number of rotatable bonds is 5. The topological polar surface area (TPSA) is 110 Å². The second kappa shape index (κ2) is 8.95. The Morgan fingerprint density at radius 3 is 2.61 bits per heavy atom. The largest absolute Gasteiger partial charge is 0.477 e. The van der Waals surface area contributed by atoms with E-state index in [0.29, 0.717) is 30.3 Å². The van der Waals surface area contributed by atoms with Gasteiger partial charge in [-0.05, 0) is 50.3 Å². The Morgan fingerprint density at radius 2 is 1.92 bits per heavy atom. The first kappa shape index (κ1) is 22.5. The number of pyridine rings is 1. The van der Waals surface area contributed by atoms with Crippen molar-refractivity contribution in [2.24, 2.45) is 15.9 Å². The summed E-state index contributed by atoms with van der Waals surface area (Å²) in [5.41, 5.74) is 5.89. The summed E-state index contributed by atoms with van der Waals surface area (Å²) in [6, 6.07) is 11.9. The van der Waals surface area contributed by atoms with Crippen molar-refractivity contribution in [2.45, 2.75) is 38.6 Å². The second-order valence-corrected chi connectivity index (χ2v) is 9.50. The highest BCUT2D eigenvalue weighted by Gasteiger charge is 2.39. The van der Waals surface area contributed by atoms with E-state index in [0.717, 1.165) is 51.8 Å². The molecule has 0 amide bonds. The van der Waals surface area contributed by atoms with Gasteiger partial charge in [-0.1, -0.05) is 35.5 Å². The van der Waals surface area contributed by atoms with Crippen molar-refractivity contribution in [3.63, 3.8) is 0 Å². The minimum atomic E-state index is -1.05. The zero-order valence-electron chi connectivity index (χ0n) is 20.1. The lowest BCUT2D eigenvalue weighted by Gasteiger charge is -2.36. The summed E-state index contributed by atoms with van der Waals surface area (Å²) in [7, 11) is 0. The first-order valence-electron chi connectivity index (χ1n) is 12.2. The van der Waals surface area contributed by atoms with Gasteiger partial charge in [0.05, 0.1) is 17.4 Å². The van der Waals surface area contributed by atoms with Crippen LogP contribution in [0.2, 0.25) is 0 Å². The molecule has 182 valence electrons. The monoisotopic (exact) mass is 482 g/mol. The number of aliphatic carboxylic acids is 1. The number of carboxylic acids is 1. The molecule has 3 aliphatic heterocycles. The van der Waals surface area contributed by atoms with Crippen molar-refractivity contribution in [3.05, 3.63) is 82.1 Å². The second-order valence-electron chi connectivity index (χ2n) is 9.50. The third-order valence-corrected chi connectivity index (χ3v) is 7.35. The normalized spacial score (nSPS) is 20.2. The van der Waals surface area contributed by atoms with E-state index in [1.807, 2.05) is 32.0 Å². The van der Waals surface area contributed by atoms with Crippen LogP contribution < -0.4 is 10.7 Å². The number of aliphatic imine (C=N–C) groups is 1.